The van der Waals surface area contributed by atoms with Gasteiger partial charge in [0.15, 0.2) is 0 Å². The zero-order valence-corrected chi connectivity index (χ0v) is 11.9. The minimum absolute atomic E-state index is 0. The summed E-state index contributed by atoms with van der Waals surface area (Å²) in [6.45, 7) is -0.130. The van der Waals surface area contributed by atoms with Crippen molar-refractivity contribution in [2.75, 3.05) is 6.54 Å². The van der Waals surface area contributed by atoms with Crippen molar-refractivity contribution < 1.29 is 9.53 Å². The van der Waals surface area contributed by atoms with Crippen molar-refractivity contribution in [3.8, 4) is 17.0 Å². The number of nitrogens with two attached hydrogens (primary N) is 1. The number of hydrogen-bond acceptors (Lipinski definition) is 4. The smallest absolute Gasteiger partial charge is 0.325 e. The maximum absolute atomic E-state index is 11.1. The lowest BCUT2D eigenvalue weighted by Gasteiger charge is -2.03. The summed E-state index contributed by atoms with van der Waals surface area (Å²) in [5, 5.41) is 1.06. The van der Waals surface area contributed by atoms with Gasteiger partial charge in [-0.3, -0.25) is 4.79 Å². The number of aromatic nitrogens is 2. The number of benzene rings is 1. The molecule has 108 valence electrons. The van der Waals surface area contributed by atoms with Gasteiger partial charge < -0.3 is 15.5 Å². The molecule has 0 atom stereocenters. The topological polar surface area (TPSA) is 81.0 Å². The summed E-state index contributed by atoms with van der Waals surface area (Å²) in [5.74, 6) is 0.0333. The van der Waals surface area contributed by atoms with Crippen molar-refractivity contribution in [1.29, 1.82) is 0 Å². The first-order valence-corrected chi connectivity index (χ1v) is 6.21. The molecule has 0 saturated carbocycles. The second-order valence-electron chi connectivity index (χ2n) is 4.33. The lowest BCUT2D eigenvalue weighted by Crippen LogP contribution is -2.19. The Morgan fingerprint density at radius 1 is 1.24 bits per heavy atom. The van der Waals surface area contributed by atoms with Gasteiger partial charge in [-0.1, -0.05) is 0 Å². The number of fused-ring (bicyclic) bond motifs is 1. The number of esters is 1. The van der Waals surface area contributed by atoms with Crippen molar-refractivity contribution in [3.63, 3.8) is 0 Å². The number of halogens is 1. The van der Waals surface area contributed by atoms with E-state index in [0.717, 1.165) is 22.3 Å². The van der Waals surface area contributed by atoms with Gasteiger partial charge in [0, 0.05) is 17.3 Å². The molecule has 1 aromatic carbocycles. The molecule has 0 saturated heterocycles. The summed E-state index contributed by atoms with van der Waals surface area (Å²) in [4.78, 5) is 18.6. The van der Waals surface area contributed by atoms with Crippen LogP contribution in [-0.2, 0) is 4.79 Å². The minimum atomic E-state index is -0.451. The van der Waals surface area contributed by atoms with Crippen molar-refractivity contribution in [3.05, 3.63) is 48.7 Å². The lowest BCUT2D eigenvalue weighted by atomic mass is 10.1. The summed E-state index contributed by atoms with van der Waals surface area (Å²) in [7, 11) is 0. The third-order valence-electron chi connectivity index (χ3n) is 2.96. The first-order chi connectivity index (χ1) is 9.76. The summed E-state index contributed by atoms with van der Waals surface area (Å²) in [6.07, 6.45) is 1.75. The molecule has 0 spiro atoms. The SMILES string of the molecule is Cl.NCC(=O)Oc1ccc(-c2cc3cccnc3[nH]2)cc1. The van der Waals surface area contributed by atoms with Crippen LogP contribution >= 0.6 is 12.4 Å². The van der Waals surface area contributed by atoms with E-state index in [1.54, 1.807) is 18.3 Å². The second-order valence-corrected chi connectivity index (χ2v) is 4.33. The largest absolute Gasteiger partial charge is 0.426 e. The third kappa shape index (κ3) is 3.21. The Balaban J connectivity index is 0.00000161. The normalized spacial score (nSPS) is 10.1. The Labute approximate surface area is 127 Å². The highest BCUT2D eigenvalue weighted by atomic mass is 35.5. The number of hydrogen-bond donors (Lipinski definition) is 2. The first kappa shape index (κ1) is 15.0. The summed E-state index contributed by atoms with van der Waals surface area (Å²) >= 11 is 0. The molecule has 0 amide bonds. The number of ether oxygens (including phenoxy) is 1. The van der Waals surface area contributed by atoms with Crippen LogP contribution in [0.2, 0.25) is 0 Å². The summed E-state index contributed by atoms with van der Waals surface area (Å²) in [5.41, 5.74) is 8.01. The molecule has 5 nitrogen and oxygen atoms in total. The highest BCUT2D eigenvalue weighted by Crippen LogP contribution is 2.24. The van der Waals surface area contributed by atoms with Crippen LogP contribution < -0.4 is 10.5 Å². The fraction of sp³-hybridized carbons (Fsp3) is 0.0667. The molecule has 0 aliphatic carbocycles. The number of aromatic amines is 1. The zero-order valence-electron chi connectivity index (χ0n) is 11.1. The van der Waals surface area contributed by atoms with Crippen LogP contribution in [0.1, 0.15) is 0 Å². The molecule has 3 N–H and O–H groups in total. The number of pyridine rings is 1. The molecular weight excluding hydrogens is 290 g/mol. The maximum Gasteiger partial charge on any atom is 0.325 e. The van der Waals surface area contributed by atoms with E-state index >= 15 is 0 Å². The van der Waals surface area contributed by atoms with Crippen LogP contribution in [-0.4, -0.2) is 22.5 Å². The zero-order chi connectivity index (χ0) is 13.9. The molecule has 2 heterocycles. The standard InChI is InChI=1S/C15H13N3O2.ClH/c16-9-14(19)20-12-5-3-10(4-6-12)13-8-11-2-1-7-17-15(11)18-13;/h1-8H,9,16H2,(H,17,18);1H. The van der Waals surface area contributed by atoms with Crippen LogP contribution in [0.25, 0.3) is 22.3 Å². The molecule has 0 aliphatic rings. The maximum atomic E-state index is 11.1. The van der Waals surface area contributed by atoms with Crippen molar-refractivity contribution >= 4 is 29.4 Å². The third-order valence-corrected chi connectivity index (χ3v) is 2.96. The summed E-state index contributed by atoms with van der Waals surface area (Å²) in [6, 6.07) is 13.2. The second kappa shape index (κ2) is 6.39. The van der Waals surface area contributed by atoms with E-state index in [-0.39, 0.29) is 19.0 Å². The van der Waals surface area contributed by atoms with Gasteiger partial charge in [-0.25, -0.2) is 4.98 Å². The van der Waals surface area contributed by atoms with Gasteiger partial charge >= 0.3 is 5.97 Å². The quantitative estimate of drug-likeness (QED) is 0.575. The molecule has 6 heteroatoms. The van der Waals surface area contributed by atoms with Crippen molar-refractivity contribution in [1.82, 2.24) is 9.97 Å². The molecule has 21 heavy (non-hydrogen) atoms. The average Bonchev–Trinajstić information content (AvgIpc) is 2.91. The van der Waals surface area contributed by atoms with Gasteiger partial charge in [-0.2, -0.15) is 0 Å². The first-order valence-electron chi connectivity index (χ1n) is 6.21. The van der Waals surface area contributed by atoms with E-state index in [1.807, 2.05) is 30.3 Å². The predicted octanol–water partition coefficient (Wildman–Crippen LogP) is 2.52. The molecule has 3 aromatic rings. The number of carbonyl (C=O) groups is 1. The van der Waals surface area contributed by atoms with Crippen LogP contribution in [0.15, 0.2) is 48.7 Å². The summed E-state index contributed by atoms with van der Waals surface area (Å²) < 4.78 is 5.03. The van der Waals surface area contributed by atoms with Gasteiger partial charge in [0.2, 0.25) is 0 Å². The van der Waals surface area contributed by atoms with Crippen molar-refractivity contribution in [2.45, 2.75) is 0 Å². The molecule has 0 unspecified atom stereocenters. The molecule has 0 aliphatic heterocycles. The monoisotopic (exact) mass is 303 g/mol. The number of rotatable bonds is 3. The highest BCUT2D eigenvalue weighted by molar-refractivity contribution is 5.85. The van der Waals surface area contributed by atoms with Gasteiger partial charge in [-0.15, -0.1) is 12.4 Å². The van der Waals surface area contributed by atoms with E-state index in [4.69, 9.17) is 10.5 Å². The van der Waals surface area contributed by atoms with E-state index in [1.165, 1.54) is 0 Å². The fourth-order valence-corrected chi connectivity index (χ4v) is 1.99. The van der Waals surface area contributed by atoms with Gasteiger partial charge in [0.05, 0.1) is 6.54 Å². The predicted molar refractivity (Wildman–Crippen MR) is 83.5 cm³/mol. The van der Waals surface area contributed by atoms with Crippen LogP contribution in [0, 0.1) is 0 Å². The molecule has 0 bridgehead atoms. The molecular formula is C15H14ClN3O2. The minimum Gasteiger partial charge on any atom is -0.426 e. The average molecular weight is 304 g/mol. The Bertz CT molecular complexity index is 720. The van der Waals surface area contributed by atoms with E-state index in [9.17, 15) is 4.79 Å². The Hall–Kier alpha value is -2.37. The van der Waals surface area contributed by atoms with Crippen molar-refractivity contribution in [2.24, 2.45) is 5.73 Å². The Morgan fingerprint density at radius 3 is 2.67 bits per heavy atom. The van der Waals surface area contributed by atoms with Gasteiger partial charge in [0.1, 0.15) is 11.4 Å². The highest BCUT2D eigenvalue weighted by Gasteiger charge is 2.05. The molecule has 0 fully saturated rings. The number of nitrogens with one attached hydrogen (secondary N) is 1. The Morgan fingerprint density at radius 2 is 2.00 bits per heavy atom. The molecule has 3 rings (SSSR count). The Kier molecular flexibility index (Phi) is 4.57. The van der Waals surface area contributed by atoms with Gasteiger partial charge in [-0.05, 0) is 48.0 Å². The number of H-pyrrole nitrogens is 1. The van der Waals surface area contributed by atoms with E-state index in [0.29, 0.717) is 5.75 Å². The fourth-order valence-electron chi connectivity index (χ4n) is 1.99. The number of carbonyl (C=O) groups excluding carboxylic acids is 1. The number of nitrogens with zero attached hydrogens (tertiary/aromatic N) is 1. The van der Waals surface area contributed by atoms with Crippen LogP contribution in [0.3, 0.4) is 0 Å². The van der Waals surface area contributed by atoms with E-state index < -0.39 is 5.97 Å². The van der Waals surface area contributed by atoms with Crippen LogP contribution in [0.4, 0.5) is 0 Å². The van der Waals surface area contributed by atoms with Crippen LogP contribution in [0.5, 0.6) is 5.75 Å². The molecule has 0 radical (unpaired) electrons. The van der Waals surface area contributed by atoms with Gasteiger partial charge in [0.25, 0.3) is 0 Å². The van der Waals surface area contributed by atoms with E-state index in [2.05, 4.69) is 9.97 Å². The molecule has 2 aromatic heterocycles. The lowest BCUT2D eigenvalue weighted by molar-refractivity contribution is -0.132.